The number of nitrogens with one attached hydrogen (secondary N) is 1. The third-order valence-corrected chi connectivity index (χ3v) is 4.68. The number of nitrogens with zero attached hydrogens (tertiary/aromatic N) is 2. The molecule has 0 atom stereocenters. The molecule has 0 unspecified atom stereocenters. The number of rotatable bonds is 7. The molecule has 1 amide bonds. The van der Waals surface area contributed by atoms with Crippen molar-refractivity contribution in [3.8, 4) is 11.8 Å². The van der Waals surface area contributed by atoms with Gasteiger partial charge in [-0.3, -0.25) is 14.9 Å². The van der Waals surface area contributed by atoms with E-state index in [-0.39, 0.29) is 16.9 Å². The molecule has 3 aromatic rings. The number of halogens is 1. The van der Waals surface area contributed by atoms with Crippen molar-refractivity contribution in [3.05, 3.63) is 104 Å². The Morgan fingerprint density at radius 3 is 2.59 bits per heavy atom. The summed E-state index contributed by atoms with van der Waals surface area (Å²) in [4.78, 5) is 23.2. The number of benzene rings is 3. The topological polar surface area (TPSA) is 105 Å². The molecule has 0 saturated heterocycles. The largest absolute Gasteiger partial charge is 0.489 e. The lowest BCUT2D eigenvalue weighted by Gasteiger charge is -2.08. The molecule has 0 aliphatic carbocycles. The van der Waals surface area contributed by atoms with Gasteiger partial charge in [0.25, 0.3) is 11.6 Å². The van der Waals surface area contributed by atoms with Crippen molar-refractivity contribution in [1.29, 1.82) is 5.26 Å². The summed E-state index contributed by atoms with van der Waals surface area (Å²) in [7, 11) is 0. The van der Waals surface area contributed by atoms with Crippen molar-refractivity contribution in [2.24, 2.45) is 0 Å². The van der Waals surface area contributed by atoms with Crippen LogP contribution in [0.3, 0.4) is 0 Å². The zero-order valence-corrected chi connectivity index (χ0v) is 17.8. The van der Waals surface area contributed by atoms with E-state index in [9.17, 15) is 20.2 Å². The summed E-state index contributed by atoms with van der Waals surface area (Å²) >= 11 is 5.96. The maximum absolute atomic E-state index is 12.5. The lowest BCUT2D eigenvalue weighted by molar-refractivity contribution is -0.384. The Balaban J connectivity index is 1.70. The fraction of sp³-hybridized carbons (Fsp3) is 0.0833. The number of anilines is 1. The summed E-state index contributed by atoms with van der Waals surface area (Å²) in [6.07, 6.45) is 1.40. The first kappa shape index (κ1) is 22.5. The number of nitriles is 1. The van der Waals surface area contributed by atoms with Crippen LogP contribution in [0.5, 0.6) is 5.75 Å². The van der Waals surface area contributed by atoms with Crippen LogP contribution in [-0.2, 0) is 11.4 Å². The van der Waals surface area contributed by atoms with Crippen LogP contribution < -0.4 is 10.1 Å². The smallest absolute Gasteiger partial charge is 0.293 e. The molecule has 0 aliphatic heterocycles. The first-order valence-electron chi connectivity index (χ1n) is 9.51. The van der Waals surface area contributed by atoms with Gasteiger partial charge in [0.15, 0.2) is 0 Å². The number of aryl methyl sites for hydroxylation is 1. The second kappa shape index (κ2) is 10.2. The van der Waals surface area contributed by atoms with Gasteiger partial charge in [0.2, 0.25) is 0 Å². The lowest BCUT2D eigenvalue weighted by Crippen LogP contribution is -2.14. The molecule has 32 heavy (non-hydrogen) atoms. The molecule has 8 heteroatoms. The van der Waals surface area contributed by atoms with Crippen LogP contribution >= 0.6 is 11.6 Å². The maximum atomic E-state index is 12.5. The van der Waals surface area contributed by atoms with Gasteiger partial charge in [0.05, 0.1) is 4.92 Å². The first-order valence-corrected chi connectivity index (χ1v) is 9.89. The number of carbonyl (C=O) groups excluding carboxylic acids is 1. The molecule has 1 N–H and O–H groups in total. The van der Waals surface area contributed by atoms with E-state index in [0.29, 0.717) is 28.5 Å². The molecule has 3 rings (SSSR count). The zero-order chi connectivity index (χ0) is 23.1. The average molecular weight is 448 g/mol. The van der Waals surface area contributed by atoms with Gasteiger partial charge in [0.1, 0.15) is 29.7 Å². The van der Waals surface area contributed by atoms with Crippen LogP contribution in [0.2, 0.25) is 5.02 Å². The number of hydrogen-bond acceptors (Lipinski definition) is 5. The summed E-state index contributed by atoms with van der Waals surface area (Å²) in [6, 6.07) is 20.4. The minimum absolute atomic E-state index is 0.0245. The van der Waals surface area contributed by atoms with E-state index in [1.54, 1.807) is 43.3 Å². The number of amides is 1. The van der Waals surface area contributed by atoms with Crippen LogP contribution in [0.4, 0.5) is 11.4 Å². The van der Waals surface area contributed by atoms with E-state index in [1.807, 2.05) is 24.3 Å². The Kier molecular flexibility index (Phi) is 7.21. The van der Waals surface area contributed by atoms with Crippen LogP contribution in [0.1, 0.15) is 16.7 Å². The molecule has 0 aliphatic rings. The third kappa shape index (κ3) is 5.94. The minimum atomic E-state index is -0.735. The summed E-state index contributed by atoms with van der Waals surface area (Å²) < 4.78 is 5.72. The van der Waals surface area contributed by atoms with Gasteiger partial charge in [-0.2, -0.15) is 5.26 Å². The fourth-order valence-electron chi connectivity index (χ4n) is 2.86. The zero-order valence-electron chi connectivity index (χ0n) is 17.0. The van der Waals surface area contributed by atoms with Gasteiger partial charge in [-0.15, -0.1) is 0 Å². The van der Waals surface area contributed by atoms with Gasteiger partial charge < -0.3 is 10.1 Å². The van der Waals surface area contributed by atoms with Gasteiger partial charge in [-0.05, 0) is 60.0 Å². The summed E-state index contributed by atoms with van der Waals surface area (Å²) in [5.41, 5.74) is 1.81. The highest BCUT2D eigenvalue weighted by atomic mass is 35.5. The van der Waals surface area contributed by atoms with Crippen molar-refractivity contribution in [2.45, 2.75) is 13.5 Å². The number of hydrogen-bond donors (Lipinski definition) is 1. The Labute approximate surface area is 189 Å². The lowest BCUT2D eigenvalue weighted by atomic mass is 10.1. The van der Waals surface area contributed by atoms with E-state index in [4.69, 9.17) is 16.3 Å². The molecular weight excluding hydrogens is 430 g/mol. The summed E-state index contributed by atoms with van der Waals surface area (Å²) in [5, 5.41) is 23.7. The summed E-state index contributed by atoms with van der Waals surface area (Å²) in [6.45, 7) is 2.05. The van der Waals surface area contributed by atoms with Crippen molar-refractivity contribution in [1.82, 2.24) is 0 Å². The molecule has 0 aromatic heterocycles. The predicted molar refractivity (Wildman–Crippen MR) is 122 cm³/mol. The van der Waals surface area contributed by atoms with Gasteiger partial charge >= 0.3 is 0 Å². The molecule has 7 nitrogen and oxygen atoms in total. The van der Waals surface area contributed by atoms with E-state index < -0.39 is 10.8 Å². The van der Waals surface area contributed by atoms with Gasteiger partial charge in [0, 0.05) is 11.1 Å². The van der Waals surface area contributed by atoms with Crippen LogP contribution in [0, 0.1) is 28.4 Å². The minimum Gasteiger partial charge on any atom is -0.489 e. The molecular formula is C24H18ClN3O4. The van der Waals surface area contributed by atoms with Crippen LogP contribution in [-0.4, -0.2) is 10.8 Å². The maximum Gasteiger partial charge on any atom is 0.293 e. The molecule has 160 valence electrons. The van der Waals surface area contributed by atoms with Gasteiger partial charge in [-0.1, -0.05) is 41.9 Å². The van der Waals surface area contributed by atoms with Crippen molar-refractivity contribution < 1.29 is 14.5 Å². The number of ether oxygens (including phenoxy) is 1. The standard InChI is InChI=1S/C24H18ClN3O4/c1-16-5-10-22(23(11-16)28(30)31)27-24(29)19(14-26)12-17-6-8-21(9-7-17)32-15-18-3-2-4-20(25)13-18/h2-13H,15H2,1H3,(H,27,29)/b19-12+. The average Bonchev–Trinajstić information content (AvgIpc) is 2.78. The summed E-state index contributed by atoms with van der Waals surface area (Å²) in [5.74, 6) is -0.124. The van der Waals surface area contributed by atoms with Gasteiger partial charge in [-0.25, -0.2) is 0 Å². The van der Waals surface area contributed by atoms with E-state index in [0.717, 1.165) is 5.56 Å². The molecule has 0 radical (unpaired) electrons. The molecule has 0 spiro atoms. The Hall–Kier alpha value is -4.15. The Bertz CT molecular complexity index is 1230. The quantitative estimate of drug-likeness (QED) is 0.217. The highest BCUT2D eigenvalue weighted by Crippen LogP contribution is 2.26. The van der Waals surface area contributed by atoms with Crippen molar-refractivity contribution in [2.75, 3.05) is 5.32 Å². The predicted octanol–water partition coefficient (Wildman–Crippen LogP) is 5.68. The molecule has 0 saturated carbocycles. The Morgan fingerprint density at radius 1 is 1.19 bits per heavy atom. The highest BCUT2D eigenvalue weighted by molar-refractivity contribution is 6.30. The van der Waals surface area contributed by atoms with E-state index in [2.05, 4.69) is 5.32 Å². The van der Waals surface area contributed by atoms with Crippen LogP contribution in [0.25, 0.3) is 6.08 Å². The monoisotopic (exact) mass is 447 g/mol. The second-order valence-corrected chi connectivity index (χ2v) is 7.33. The van der Waals surface area contributed by atoms with E-state index in [1.165, 1.54) is 18.2 Å². The first-order chi connectivity index (χ1) is 15.4. The SMILES string of the molecule is Cc1ccc(NC(=O)/C(C#N)=C/c2ccc(OCc3cccc(Cl)c3)cc2)c([N+](=O)[O-])c1. The van der Waals surface area contributed by atoms with E-state index >= 15 is 0 Å². The molecule has 0 fully saturated rings. The third-order valence-electron chi connectivity index (χ3n) is 4.45. The molecule has 0 heterocycles. The number of nitro groups is 1. The van der Waals surface area contributed by atoms with Crippen molar-refractivity contribution in [3.63, 3.8) is 0 Å². The molecule has 3 aromatic carbocycles. The number of nitro benzene ring substituents is 1. The number of carbonyl (C=O) groups is 1. The normalized spacial score (nSPS) is 10.8. The second-order valence-electron chi connectivity index (χ2n) is 6.89. The molecule has 0 bridgehead atoms. The fourth-order valence-corrected chi connectivity index (χ4v) is 3.07. The highest BCUT2D eigenvalue weighted by Gasteiger charge is 2.18. The Morgan fingerprint density at radius 2 is 1.94 bits per heavy atom. The van der Waals surface area contributed by atoms with Crippen molar-refractivity contribution >= 4 is 35.0 Å². The van der Waals surface area contributed by atoms with Crippen LogP contribution in [0.15, 0.2) is 72.3 Å².